The lowest BCUT2D eigenvalue weighted by Crippen LogP contribution is -2.42. The molecule has 1 heterocycles. The first-order valence-electron chi connectivity index (χ1n) is 5.94. The molecule has 104 valence electrons. The van der Waals surface area contributed by atoms with Gasteiger partial charge in [0.1, 0.15) is 11.7 Å². The van der Waals surface area contributed by atoms with Gasteiger partial charge in [-0.05, 0) is 40.4 Å². The third kappa shape index (κ3) is 4.98. The van der Waals surface area contributed by atoms with Crippen LogP contribution in [0.2, 0.25) is 0 Å². The van der Waals surface area contributed by atoms with E-state index in [4.69, 9.17) is 0 Å². The second-order valence-corrected chi connectivity index (χ2v) is 5.46. The van der Waals surface area contributed by atoms with Gasteiger partial charge in [0.2, 0.25) is 0 Å². The molecule has 1 unspecified atom stereocenters. The summed E-state index contributed by atoms with van der Waals surface area (Å²) >= 11 is 3.24. The van der Waals surface area contributed by atoms with Crippen LogP contribution in [0.3, 0.4) is 0 Å². The average Bonchev–Trinajstić information content (AvgIpc) is 2.37. The Kier molecular flexibility index (Phi) is 5.95. The van der Waals surface area contributed by atoms with Gasteiger partial charge in [-0.1, -0.05) is 13.8 Å². The van der Waals surface area contributed by atoms with Crippen molar-refractivity contribution in [3.05, 3.63) is 28.5 Å². The molecule has 1 aromatic rings. The summed E-state index contributed by atoms with van der Waals surface area (Å²) in [5.41, 5.74) is 0.265. The minimum absolute atomic E-state index is 0.265. The van der Waals surface area contributed by atoms with E-state index in [-0.39, 0.29) is 17.5 Å². The van der Waals surface area contributed by atoms with Crippen LogP contribution in [0.15, 0.2) is 22.8 Å². The lowest BCUT2D eigenvalue weighted by molar-refractivity contribution is -0.143. The molecule has 6 heteroatoms. The Morgan fingerprint density at radius 1 is 1.42 bits per heavy atom. The Labute approximate surface area is 120 Å². The molecule has 1 amide bonds. The number of amides is 1. The largest absolute Gasteiger partial charge is 0.467 e. The molecule has 19 heavy (non-hydrogen) atoms. The number of hydrogen-bond acceptors (Lipinski definition) is 4. The second kappa shape index (κ2) is 7.23. The summed E-state index contributed by atoms with van der Waals surface area (Å²) in [4.78, 5) is 27.6. The van der Waals surface area contributed by atoms with Crippen LogP contribution in [0.4, 0.5) is 0 Å². The van der Waals surface area contributed by atoms with Crippen LogP contribution in [-0.4, -0.2) is 30.0 Å². The number of pyridine rings is 1. The minimum Gasteiger partial charge on any atom is -0.467 e. The van der Waals surface area contributed by atoms with E-state index >= 15 is 0 Å². The van der Waals surface area contributed by atoms with Crippen molar-refractivity contribution in [3.8, 4) is 0 Å². The van der Waals surface area contributed by atoms with Gasteiger partial charge in [-0.15, -0.1) is 0 Å². The van der Waals surface area contributed by atoms with Gasteiger partial charge >= 0.3 is 5.97 Å². The first kappa shape index (κ1) is 15.6. The molecule has 5 nitrogen and oxygen atoms in total. The Balaban J connectivity index is 2.75. The van der Waals surface area contributed by atoms with Gasteiger partial charge in [-0.2, -0.15) is 0 Å². The first-order valence-corrected chi connectivity index (χ1v) is 6.73. The van der Waals surface area contributed by atoms with Gasteiger partial charge in [-0.3, -0.25) is 4.79 Å². The molecule has 0 saturated heterocycles. The van der Waals surface area contributed by atoms with Crippen molar-refractivity contribution < 1.29 is 14.3 Å². The SMILES string of the molecule is COC(=O)C(CC(C)C)NC(=O)c1ccc(Br)cn1. The number of esters is 1. The van der Waals surface area contributed by atoms with Gasteiger partial charge in [-0.25, -0.2) is 9.78 Å². The maximum Gasteiger partial charge on any atom is 0.328 e. The van der Waals surface area contributed by atoms with Gasteiger partial charge in [0.05, 0.1) is 7.11 Å². The molecule has 0 saturated carbocycles. The van der Waals surface area contributed by atoms with Crippen LogP contribution in [0.5, 0.6) is 0 Å². The minimum atomic E-state index is -0.650. The molecular weight excluding hydrogens is 312 g/mol. The molecular formula is C13H17BrN2O3. The van der Waals surface area contributed by atoms with E-state index < -0.39 is 12.0 Å². The zero-order chi connectivity index (χ0) is 14.4. The standard InChI is InChI=1S/C13H17BrN2O3/c1-8(2)6-11(13(18)19-3)16-12(17)10-5-4-9(14)7-15-10/h4-5,7-8,11H,6H2,1-3H3,(H,16,17). The summed E-state index contributed by atoms with van der Waals surface area (Å²) in [5, 5.41) is 2.64. The fraction of sp³-hybridized carbons (Fsp3) is 0.462. The molecule has 0 aliphatic carbocycles. The maximum atomic E-state index is 12.0. The van der Waals surface area contributed by atoms with Crippen molar-refractivity contribution in [1.82, 2.24) is 10.3 Å². The van der Waals surface area contributed by atoms with E-state index in [0.717, 1.165) is 4.47 Å². The number of ether oxygens (including phenoxy) is 1. The van der Waals surface area contributed by atoms with Gasteiger partial charge in [0, 0.05) is 10.7 Å². The molecule has 0 fully saturated rings. The number of nitrogens with zero attached hydrogens (tertiary/aromatic N) is 1. The predicted octanol–water partition coefficient (Wildman–Crippen LogP) is 2.16. The normalized spacial score (nSPS) is 12.1. The molecule has 0 spiro atoms. The molecule has 0 aromatic carbocycles. The molecule has 0 aliphatic rings. The maximum absolute atomic E-state index is 12.0. The van der Waals surface area contributed by atoms with Crippen molar-refractivity contribution in [2.24, 2.45) is 5.92 Å². The lowest BCUT2D eigenvalue weighted by Gasteiger charge is -2.18. The number of methoxy groups -OCH3 is 1. The Morgan fingerprint density at radius 2 is 2.11 bits per heavy atom. The first-order chi connectivity index (χ1) is 8.93. The third-order valence-corrected chi connectivity index (χ3v) is 2.93. The highest BCUT2D eigenvalue weighted by Crippen LogP contribution is 2.09. The lowest BCUT2D eigenvalue weighted by atomic mass is 10.0. The Hall–Kier alpha value is -1.43. The van der Waals surface area contributed by atoms with Crippen LogP contribution in [0.25, 0.3) is 0 Å². The molecule has 1 N–H and O–H groups in total. The number of aromatic nitrogens is 1. The van der Waals surface area contributed by atoms with E-state index in [0.29, 0.717) is 6.42 Å². The topological polar surface area (TPSA) is 68.3 Å². The Morgan fingerprint density at radius 3 is 2.58 bits per heavy atom. The highest BCUT2D eigenvalue weighted by Gasteiger charge is 2.23. The quantitative estimate of drug-likeness (QED) is 0.841. The zero-order valence-corrected chi connectivity index (χ0v) is 12.7. The molecule has 1 rings (SSSR count). The fourth-order valence-corrected chi connectivity index (χ4v) is 1.80. The summed E-state index contributed by atoms with van der Waals surface area (Å²) in [6, 6.07) is 2.66. The van der Waals surface area contributed by atoms with Crippen molar-refractivity contribution in [2.75, 3.05) is 7.11 Å². The van der Waals surface area contributed by atoms with Crippen LogP contribution in [-0.2, 0) is 9.53 Å². The van der Waals surface area contributed by atoms with Crippen LogP contribution >= 0.6 is 15.9 Å². The van der Waals surface area contributed by atoms with E-state index in [1.54, 1.807) is 12.1 Å². The second-order valence-electron chi connectivity index (χ2n) is 4.54. The summed E-state index contributed by atoms with van der Waals surface area (Å²) in [6.07, 6.45) is 2.06. The predicted molar refractivity (Wildman–Crippen MR) is 74.7 cm³/mol. The smallest absolute Gasteiger partial charge is 0.328 e. The van der Waals surface area contributed by atoms with E-state index in [2.05, 4.69) is 31.0 Å². The molecule has 0 radical (unpaired) electrons. The van der Waals surface area contributed by atoms with Crippen molar-refractivity contribution in [1.29, 1.82) is 0 Å². The summed E-state index contributed by atoms with van der Waals surface area (Å²) < 4.78 is 5.48. The highest BCUT2D eigenvalue weighted by atomic mass is 79.9. The fourth-order valence-electron chi connectivity index (χ4n) is 1.57. The molecule has 1 aromatic heterocycles. The number of rotatable bonds is 5. The number of nitrogens with one attached hydrogen (secondary N) is 1. The molecule has 0 aliphatic heterocycles. The number of halogens is 1. The van der Waals surface area contributed by atoms with Crippen LogP contribution in [0, 0.1) is 5.92 Å². The summed E-state index contributed by atoms with van der Waals surface area (Å²) in [7, 11) is 1.31. The summed E-state index contributed by atoms with van der Waals surface area (Å²) in [5.74, 6) is -0.565. The third-order valence-electron chi connectivity index (χ3n) is 2.46. The molecule has 1 atom stereocenters. The van der Waals surface area contributed by atoms with Crippen molar-refractivity contribution in [3.63, 3.8) is 0 Å². The molecule has 0 bridgehead atoms. The van der Waals surface area contributed by atoms with E-state index in [1.165, 1.54) is 13.3 Å². The Bertz CT molecular complexity index is 446. The van der Waals surface area contributed by atoms with Crippen molar-refractivity contribution >= 4 is 27.8 Å². The van der Waals surface area contributed by atoms with E-state index in [9.17, 15) is 9.59 Å². The van der Waals surface area contributed by atoms with Gasteiger partial charge in [0.25, 0.3) is 5.91 Å². The van der Waals surface area contributed by atoms with Gasteiger partial charge in [0.15, 0.2) is 0 Å². The monoisotopic (exact) mass is 328 g/mol. The van der Waals surface area contributed by atoms with Gasteiger partial charge < -0.3 is 10.1 Å². The highest BCUT2D eigenvalue weighted by molar-refractivity contribution is 9.10. The van der Waals surface area contributed by atoms with E-state index in [1.807, 2.05) is 13.8 Å². The van der Waals surface area contributed by atoms with Crippen molar-refractivity contribution in [2.45, 2.75) is 26.3 Å². The zero-order valence-electron chi connectivity index (χ0n) is 11.1. The van der Waals surface area contributed by atoms with Crippen LogP contribution < -0.4 is 5.32 Å². The number of carbonyl (C=O) groups is 2. The van der Waals surface area contributed by atoms with Crippen LogP contribution in [0.1, 0.15) is 30.8 Å². The summed E-state index contributed by atoms with van der Waals surface area (Å²) in [6.45, 7) is 3.94. The average molecular weight is 329 g/mol. The number of carbonyl (C=O) groups excluding carboxylic acids is 2. The number of hydrogen-bond donors (Lipinski definition) is 1.